The Morgan fingerprint density at radius 2 is 1.80 bits per heavy atom. The van der Waals surface area contributed by atoms with Crippen molar-refractivity contribution >= 4 is 23.2 Å². The summed E-state index contributed by atoms with van der Waals surface area (Å²) in [6, 6.07) is 13.6. The van der Waals surface area contributed by atoms with Crippen molar-refractivity contribution in [3.8, 4) is 5.75 Å². The van der Waals surface area contributed by atoms with Gasteiger partial charge in [0, 0.05) is 10.9 Å². The summed E-state index contributed by atoms with van der Waals surface area (Å²) in [5.41, 5.74) is 8.22. The molecule has 0 saturated carbocycles. The zero-order chi connectivity index (χ0) is 14.5. The van der Waals surface area contributed by atoms with Gasteiger partial charge in [0.25, 0.3) is 0 Å². The lowest BCUT2D eigenvalue weighted by Crippen LogP contribution is -2.15. The van der Waals surface area contributed by atoms with E-state index in [9.17, 15) is 0 Å². The van der Waals surface area contributed by atoms with Crippen LogP contribution in [0.5, 0.6) is 5.75 Å². The fourth-order valence-corrected chi connectivity index (χ4v) is 2.60. The van der Waals surface area contributed by atoms with Gasteiger partial charge in [0.2, 0.25) is 0 Å². The van der Waals surface area contributed by atoms with Crippen molar-refractivity contribution in [2.24, 2.45) is 5.73 Å². The van der Waals surface area contributed by atoms with Gasteiger partial charge in [-0.05, 0) is 48.4 Å². The number of ether oxygens (including phenoxy) is 1. The van der Waals surface area contributed by atoms with E-state index in [2.05, 4.69) is 0 Å². The second-order valence-electron chi connectivity index (χ2n) is 4.66. The molecule has 1 atom stereocenters. The number of rotatable bonds is 5. The van der Waals surface area contributed by atoms with Crippen LogP contribution in [0.25, 0.3) is 0 Å². The Balaban J connectivity index is 2.17. The standard InChI is InChI=1S/C16H17Cl2NO/c1-20-16-7-2-11(9-15(16)18)8-13(10-19)12-3-5-14(17)6-4-12/h2-7,9,13H,8,10,19H2,1H3. The quantitative estimate of drug-likeness (QED) is 0.894. The zero-order valence-electron chi connectivity index (χ0n) is 11.3. The molecule has 4 heteroatoms. The van der Waals surface area contributed by atoms with Gasteiger partial charge >= 0.3 is 0 Å². The van der Waals surface area contributed by atoms with Crippen LogP contribution in [0.2, 0.25) is 10.0 Å². The molecule has 0 amide bonds. The Bertz CT molecular complexity index is 569. The molecule has 106 valence electrons. The molecule has 0 aliphatic heterocycles. The molecule has 0 aliphatic carbocycles. The number of hydrogen-bond acceptors (Lipinski definition) is 2. The minimum absolute atomic E-state index is 0.247. The van der Waals surface area contributed by atoms with Crippen molar-refractivity contribution in [1.29, 1.82) is 0 Å². The number of hydrogen-bond donors (Lipinski definition) is 1. The molecule has 2 N–H and O–H groups in total. The second-order valence-corrected chi connectivity index (χ2v) is 5.50. The summed E-state index contributed by atoms with van der Waals surface area (Å²) in [6.07, 6.45) is 0.835. The highest BCUT2D eigenvalue weighted by Gasteiger charge is 2.12. The molecule has 0 saturated heterocycles. The first-order chi connectivity index (χ1) is 9.63. The molecule has 0 radical (unpaired) electrons. The fourth-order valence-electron chi connectivity index (χ4n) is 2.19. The van der Waals surface area contributed by atoms with Gasteiger partial charge in [0.05, 0.1) is 12.1 Å². The Morgan fingerprint density at radius 3 is 2.35 bits per heavy atom. The summed E-state index contributed by atoms with van der Waals surface area (Å²) >= 11 is 12.1. The first-order valence-electron chi connectivity index (χ1n) is 6.42. The number of nitrogens with two attached hydrogens (primary N) is 1. The van der Waals surface area contributed by atoms with Gasteiger partial charge in [-0.2, -0.15) is 0 Å². The van der Waals surface area contributed by atoms with Crippen LogP contribution in [-0.2, 0) is 6.42 Å². The van der Waals surface area contributed by atoms with E-state index in [1.54, 1.807) is 7.11 Å². The molecule has 0 aliphatic rings. The van der Waals surface area contributed by atoms with Crippen LogP contribution in [0.1, 0.15) is 17.0 Å². The second kappa shape index (κ2) is 6.98. The highest BCUT2D eigenvalue weighted by molar-refractivity contribution is 6.32. The van der Waals surface area contributed by atoms with Crippen LogP contribution >= 0.6 is 23.2 Å². The van der Waals surface area contributed by atoms with Gasteiger partial charge in [-0.25, -0.2) is 0 Å². The van der Waals surface area contributed by atoms with Gasteiger partial charge in [0.15, 0.2) is 0 Å². The summed E-state index contributed by atoms with van der Waals surface area (Å²) < 4.78 is 5.16. The van der Waals surface area contributed by atoms with Crippen LogP contribution in [0.4, 0.5) is 0 Å². The Labute approximate surface area is 129 Å². The van der Waals surface area contributed by atoms with Crippen molar-refractivity contribution in [1.82, 2.24) is 0 Å². The topological polar surface area (TPSA) is 35.2 Å². The Morgan fingerprint density at radius 1 is 1.10 bits per heavy atom. The van der Waals surface area contributed by atoms with E-state index in [1.807, 2.05) is 42.5 Å². The van der Waals surface area contributed by atoms with Gasteiger partial charge < -0.3 is 10.5 Å². The van der Waals surface area contributed by atoms with Crippen LogP contribution in [0.3, 0.4) is 0 Å². The summed E-state index contributed by atoms with van der Waals surface area (Å²) in [5, 5.41) is 1.36. The molecular weight excluding hydrogens is 293 g/mol. The summed E-state index contributed by atoms with van der Waals surface area (Å²) in [7, 11) is 1.61. The largest absolute Gasteiger partial charge is 0.495 e. The van der Waals surface area contributed by atoms with Crippen molar-refractivity contribution in [3.05, 3.63) is 63.6 Å². The lowest BCUT2D eigenvalue weighted by atomic mass is 9.92. The molecule has 0 aromatic heterocycles. The van der Waals surface area contributed by atoms with Gasteiger partial charge in [-0.3, -0.25) is 0 Å². The molecule has 2 aromatic carbocycles. The highest BCUT2D eigenvalue weighted by Crippen LogP contribution is 2.28. The average Bonchev–Trinajstić information content (AvgIpc) is 2.46. The number of benzene rings is 2. The first-order valence-corrected chi connectivity index (χ1v) is 7.17. The third kappa shape index (κ3) is 3.66. The SMILES string of the molecule is COc1ccc(CC(CN)c2ccc(Cl)cc2)cc1Cl. The van der Waals surface area contributed by atoms with Crippen molar-refractivity contribution in [2.75, 3.05) is 13.7 Å². The van der Waals surface area contributed by atoms with Crippen LogP contribution in [0.15, 0.2) is 42.5 Å². The lowest BCUT2D eigenvalue weighted by molar-refractivity contribution is 0.415. The van der Waals surface area contributed by atoms with E-state index in [1.165, 1.54) is 5.56 Å². The summed E-state index contributed by atoms with van der Waals surface area (Å²) in [6.45, 7) is 0.575. The lowest BCUT2D eigenvalue weighted by Gasteiger charge is -2.16. The normalized spacial score (nSPS) is 12.2. The molecule has 2 nitrogen and oxygen atoms in total. The molecular formula is C16H17Cl2NO. The third-order valence-corrected chi connectivity index (χ3v) is 3.87. The van der Waals surface area contributed by atoms with Gasteiger partial charge in [-0.1, -0.05) is 41.4 Å². The number of methoxy groups -OCH3 is 1. The zero-order valence-corrected chi connectivity index (χ0v) is 12.8. The van der Waals surface area contributed by atoms with Crippen LogP contribution < -0.4 is 10.5 Å². The van der Waals surface area contributed by atoms with E-state index < -0.39 is 0 Å². The third-order valence-electron chi connectivity index (χ3n) is 3.32. The van der Waals surface area contributed by atoms with Crippen LogP contribution in [0, 0.1) is 0 Å². The fraction of sp³-hybridized carbons (Fsp3) is 0.250. The van der Waals surface area contributed by atoms with Crippen molar-refractivity contribution in [3.63, 3.8) is 0 Å². The maximum atomic E-state index is 6.15. The van der Waals surface area contributed by atoms with Crippen molar-refractivity contribution < 1.29 is 4.74 Å². The average molecular weight is 310 g/mol. The minimum Gasteiger partial charge on any atom is -0.495 e. The maximum Gasteiger partial charge on any atom is 0.137 e. The van der Waals surface area contributed by atoms with Gasteiger partial charge in [0.1, 0.15) is 5.75 Å². The molecule has 0 bridgehead atoms. The molecule has 0 heterocycles. The molecule has 2 rings (SSSR count). The Hall–Kier alpha value is -1.22. The first kappa shape index (κ1) is 15.2. The van der Waals surface area contributed by atoms with E-state index in [4.69, 9.17) is 33.7 Å². The monoisotopic (exact) mass is 309 g/mol. The molecule has 1 unspecified atom stereocenters. The van der Waals surface area contributed by atoms with E-state index in [-0.39, 0.29) is 5.92 Å². The van der Waals surface area contributed by atoms with Gasteiger partial charge in [-0.15, -0.1) is 0 Å². The van der Waals surface area contributed by atoms with Crippen molar-refractivity contribution in [2.45, 2.75) is 12.3 Å². The molecule has 0 spiro atoms. The predicted molar refractivity (Wildman–Crippen MR) is 85.0 cm³/mol. The van der Waals surface area contributed by atoms with E-state index in [0.29, 0.717) is 17.3 Å². The molecule has 2 aromatic rings. The highest BCUT2D eigenvalue weighted by atomic mass is 35.5. The van der Waals surface area contributed by atoms with Crippen LogP contribution in [-0.4, -0.2) is 13.7 Å². The maximum absolute atomic E-state index is 6.15. The molecule has 20 heavy (non-hydrogen) atoms. The Kier molecular flexibility index (Phi) is 5.30. The van der Waals surface area contributed by atoms with E-state index >= 15 is 0 Å². The predicted octanol–water partition coefficient (Wildman–Crippen LogP) is 4.29. The summed E-state index contributed by atoms with van der Waals surface area (Å²) in [4.78, 5) is 0. The summed E-state index contributed by atoms with van der Waals surface area (Å²) in [5.74, 6) is 0.933. The number of halogens is 2. The van der Waals surface area contributed by atoms with E-state index in [0.717, 1.165) is 17.0 Å². The smallest absolute Gasteiger partial charge is 0.137 e. The minimum atomic E-state index is 0.247. The molecule has 0 fully saturated rings.